The number of thiocarbonyl (C=S) groups is 1. The van der Waals surface area contributed by atoms with E-state index in [0.29, 0.717) is 27.9 Å². The molecule has 2 heterocycles. The van der Waals surface area contributed by atoms with E-state index in [1.54, 1.807) is 12.1 Å². The van der Waals surface area contributed by atoms with Crippen molar-refractivity contribution >= 4 is 40.5 Å². The lowest BCUT2D eigenvalue weighted by Crippen LogP contribution is -2.48. The number of carbonyl (C=O) groups excluding carboxylic acids is 1. The summed E-state index contributed by atoms with van der Waals surface area (Å²) in [5.74, 6) is 0.992. The van der Waals surface area contributed by atoms with Crippen molar-refractivity contribution in [2.45, 2.75) is 31.7 Å². The Morgan fingerprint density at radius 2 is 1.87 bits per heavy atom. The number of nitrogens with two attached hydrogens (primary N) is 1. The maximum Gasteiger partial charge on any atom is 0.255 e. The summed E-state index contributed by atoms with van der Waals surface area (Å²) in [5, 5.41) is 4.44. The Morgan fingerprint density at radius 3 is 2.45 bits per heavy atom. The quantitative estimate of drug-likeness (QED) is 0.509. The molecule has 9 heteroatoms. The number of anilines is 1. The first kappa shape index (κ1) is 23.9. The summed E-state index contributed by atoms with van der Waals surface area (Å²) in [6.07, 6.45) is 4.26. The van der Waals surface area contributed by atoms with Gasteiger partial charge in [-0.1, -0.05) is 11.6 Å². The fourth-order valence-corrected chi connectivity index (χ4v) is 4.74. The fourth-order valence-electron chi connectivity index (χ4n) is 4.39. The van der Waals surface area contributed by atoms with E-state index >= 15 is 0 Å². The summed E-state index contributed by atoms with van der Waals surface area (Å²) in [5.41, 5.74) is 6.64. The summed E-state index contributed by atoms with van der Waals surface area (Å²) < 4.78 is 5.31. The number of nitrogens with one attached hydrogen (secondary N) is 1. The second-order valence-electron chi connectivity index (χ2n) is 8.73. The van der Waals surface area contributed by atoms with Gasteiger partial charge in [-0.2, -0.15) is 0 Å². The van der Waals surface area contributed by atoms with Gasteiger partial charge in [-0.05, 0) is 49.9 Å². The van der Waals surface area contributed by atoms with Gasteiger partial charge in [0.05, 0.1) is 23.4 Å². The number of ether oxygens (including phenoxy) is 1. The minimum atomic E-state index is -0.165. The summed E-state index contributed by atoms with van der Waals surface area (Å²) in [7, 11) is 5.54. The summed E-state index contributed by atoms with van der Waals surface area (Å²) in [6.45, 7) is 5.22. The van der Waals surface area contributed by atoms with Gasteiger partial charge in [0.1, 0.15) is 5.75 Å². The third kappa shape index (κ3) is 6.14. The van der Waals surface area contributed by atoms with Gasteiger partial charge in [0.25, 0.3) is 5.91 Å². The number of hydrogen-bond donors (Lipinski definition) is 2. The third-order valence-corrected chi connectivity index (χ3v) is 7.22. The van der Waals surface area contributed by atoms with Crippen LogP contribution in [0.2, 0.25) is 5.02 Å². The molecule has 31 heavy (non-hydrogen) atoms. The molecule has 2 aliphatic rings. The number of benzene rings is 1. The molecule has 0 spiro atoms. The summed E-state index contributed by atoms with van der Waals surface area (Å²) in [4.78, 5) is 19.6. The molecule has 0 aliphatic carbocycles. The van der Waals surface area contributed by atoms with Crippen LogP contribution < -0.4 is 15.8 Å². The second-order valence-corrected chi connectivity index (χ2v) is 9.50. The molecule has 0 unspecified atom stereocenters. The van der Waals surface area contributed by atoms with Crippen molar-refractivity contribution in [3.63, 3.8) is 0 Å². The molecule has 3 rings (SSSR count). The van der Waals surface area contributed by atoms with E-state index in [0.717, 1.165) is 50.7 Å². The number of halogens is 1. The average molecular weight is 468 g/mol. The van der Waals surface area contributed by atoms with E-state index in [1.807, 2.05) is 19.0 Å². The molecule has 2 aliphatic heterocycles. The van der Waals surface area contributed by atoms with Gasteiger partial charge in [-0.25, -0.2) is 0 Å². The first-order chi connectivity index (χ1) is 14.8. The number of piperidine rings is 2. The standard InChI is InChI=1S/C22H34ClN5O2S/c1-26(2)22(31)28-10-4-15(5-11-28)14-27-8-6-16(7-9-27)25-21(29)17-12-18(23)19(24)13-20(17)30-3/h12-13,15-16H,4-11,14,24H2,1-3H3,(H,25,29). The Kier molecular flexibility index (Phi) is 8.24. The van der Waals surface area contributed by atoms with Crippen LogP contribution in [0.4, 0.5) is 5.69 Å². The van der Waals surface area contributed by atoms with Gasteiger partial charge < -0.3 is 30.5 Å². The lowest BCUT2D eigenvalue weighted by atomic mass is 9.95. The number of nitrogen functional groups attached to an aromatic ring is 1. The Balaban J connectivity index is 1.44. The predicted octanol–water partition coefficient (Wildman–Crippen LogP) is 2.68. The van der Waals surface area contributed by atoms with Gasteiger partial charge in [0, 0.05) is 58.9 Å². The van der Waals surface area contributed by atoms with E-state index in [2.05, 4.69) is 15.1 Å². The number of carbonyl (C=O) groups is 1. The van der Waals surface area contributed by atoms with Crippen LogP contribution in [0.25, 0.3) is 0 Å². The number of hydrogen-bond acceptors (Lipinski definition) is 5. The van der Waals surface area contributed by atoms with Gasteiger partial charge in [0.15, 0.2) is 5.11 Å². The minimum absolute atomic E-state index is 0.157. The monoisotopic (exact) mass is 467 g/mol. The molecular formula is C22H34ClN5O2S. The van der Waals surface area contributed by atoms with E-state index in [9.17, 15) is 4.79 Å². The fraction of sp³-hybridized carbons (Fsp3) is 0.636. The van der Waals surface area contributed by atoms with Crippen LogP contribution in [0, 0.1) is 5.92 Å². The third-order valence-electron chi connectivity index (χ3n) is 6.27. The van der Waals surface area contributed by atoms with Crippen molar-refractivity contribution in [1.29, 1.82) is 0 Å². The van der Waals surface area contributed by atoms with Gasteiger partial charge in [-0.15, -0.1) is 0 Å². The first-order valence-electron chi connectivity index (χ1n) is 10.9. The highest BCUT2D eigenvalue weighted by atomic mass is 35.5. The van der Waals surface area contributed by atoms with Crippen LogP contribution in [0.3, 0.4) is 0 Å². The van der Waals surface area contributed by atoms with E-state index in [4.69, 9.17) is 34.3 Å². The number of likely N-dealkylation sites (tertiary alicyclic amines) is 2. The van der Waals surface area contributed by atoms with Crippen LogP contribution in [0.1, 0.15) is 36.0 Å². The smallest absolute Gasteiger partial charge is 0.255 e. The minimum Gasteiger partial charge on any atom is -0.496 e. The molecule has 1 aromatic carbocycles. The van der Waals surface area contributed by atoms with Crippen molar-refractivity contribution in [3.05, 3.63) is 22.7 Å². The zero-order chi connectivity index (χ0) is 22.5. The van der Waals surface area contributed by atoms with E-state index < -0.39 is 0 Å². The number of nitrogens with zero attached hydrogens (tertiary/aromatic N) is 3. The molecule has 0 atom stereocenters. The highest BCUT2D eigenvalue weighted by molar-refractivity contribution is 7.80. The topological polar surface area (TPSA) is 74.1 Å². The van der Waals surface area contributed by atoms with Crippen LogP contribution in [0.15, 0.2) is 12.1 Å². The molecule has 1 aromatic rings. The SMILES string of the molecule is COc1cc(N)c(Cl)cc1C(=O)NC1CCN(CC2CCN(C(=S)N(C)C)CC2)CC1. The largest absolute Gasteiger partial charge is 0.496 e. The Morgan fingerprint density at radius 1 is 1.23 bits per heavy atom. The highest BCUT2D eigenvalue weighted by Gasteiger charge is 2.27. The number of rotatable bonds is 5. The van der Waals surface area contributed by atoms with Crippen LogP contribution in [-0.4, -0.2) is 85.7 Å². The van der Waals surface area contributed by atoms with Crippen molar-refractivity contribution < 1.29 is 9.53 Å². The number of methoxy groups -OCH3 is 1. The lowest BCUT2D eigenvalue weighted by Gasteiger charge is -2.39. The highest BCUT2D eigenvalue weighted by Crippen LogP contribution is 2.29. The molecule has 0 bridgehead atoms. The molecule has 0 saturated carbocycles. The first-order valence-corrected chi connectivity index (χ1v) is 11.7. The average Bonchev–Trinajstić information content (AvgIpc) is 2.76. The molecular weight excluding hydrogens is 434 g/mol. The van der Waals surface area contributed by atoms with Gasteiger partial charge in [-0.3, -0.25) is 4.79 Å². The summed E-state index contributed by atoms with van der Waals surface area (Å²) >= 11 is 11.6. The van der Waals surface area contributed by atoms with Crippen molar-refractivity contribution in [2.24, 2.45) is 5.92 Å². The molecule has 0 aromatic heterocycles. The summed E-state index contributed by atoms with van der Waals surface area (Å²) in [6, 6.07) is 3.33. The van der Waals surface area contributed by atoms with Crippen molar-refractivity contribution in [1.82, 2.24) is 20.0 Å². The lowest BCUT2D eigenvalue weighted by molar-refractivity contribution is 0.0895. The van der Waals surface area contributed by atoms with E-state index in [1.165, 1.54) is 20.0 Å². The zero-order valence-corrected chi connectivity index (χ0v) is 20.3. The molecule has 2 fully saturated rings. The Bertz CT molecular complexity index is 790. The molecule has 7 nitrogen and oxygen atoms in total. The normalized spacial score (nSPS) is 18.6. The predicted molar refractivity (Wildman–Crippen MR) is 130 cm³/mol. The van der Waals surface area contributed by atoms with Gasteiger partial charge >= 0.3 is 0 Å². The Hall–Kier alpha value is -1.77. The van der Waals surface area contributed by atoms with Crippen LogP contribution in [0.5, 0.6) is 5.75 Å². The molecule has 1 amide bonds. The van der Waals surface area contributed by atoms with E-state index in [-0.39, 0.29) is 11.9 Å². The number of amides is 1. The maximum atomic E-state index is 12.8. The van der Waals surface area contributed by atoms with Crippen molar-refractivity contribution in [3.8, 4) is 5.75 Å². The molecule has 2 saturated heterocycles. The van der Waals surface area contributed by atoms with Crippen LogP contribution in [-0.2, 0) is 0 Å². The van der Waals surface area contributed by atoms with Crippen molar-refractivity contribution in [2.75, 3.05) is 59.7 Å². The molecule has 172 valence electrons. The molecule has 0 radical (unpaired) electrons. The second kappa shape index (κ2) is 10.7. The maximum absolute atomic E-state index is 12.8. The molecule has 3 N–H and O–H groups in total. The van der Waals surface area contributed by atoms with Gasteiger partial charge in [0.2, 0.25) is 0 Å². The zero-order valence-electron chi connectivity index (χ0n) is 18.7. The van der Waals surface area contributed by atoms with Crippen LogP contribution >= 0.6 is 23.8 Å². The Labute approximate surface area is 195 Å².